The van der Waals surface area contributed by atoms with Crippen molar-refractivity contribution in [1.29, 1.82) is 0 Å². The van der Waals surface area contributed by atoms with Crippen LogP contribution >= 0.6 is 0 Å². The SMILES string of the molecule is CC(C)CN=C(NN)NCCC(=O)NC(C)C. The number of hydrogen-bond donors (Lipinski definition) is 4. The molecule has 0 aromatic heterocycles. The van der Waals surface area contributed by atoms with Crippen LogP contribution in [0.15, 0.2) is 4.99 Å². The lowest BCUT2D eigenvalue weighted by molar-refractivity contribution is -0.121. The van der Waals surface area contributed by atoms with Crippen LogP contribution in [0.25, 0.3) is 0 Å². The highest BCUT2D eigenvalue weighted by Crippen LogP contribution is 1.91. The average Bonchev–Trinajstić information content (AvgIpc) is 2.21. The van der Waals surface area contributed by atoms with E-state index in [4.69, 9.17) is 5.84 Å². The van der Waals surface area contributed by atoms with Gasteiger partial charge in [0.1, 0.15) is 0 Å². The summed E-state index contributed by atoms with van der Waals surface area (Å²) in [5.74, 6) is 6.33. The van der Waals surface area contributed by atoms with E-state index >= 15 is 0 Å². The van der Waals surface area contributed by atoms with E-state index in [1.807, 2.05) is 13.8 Å². The number of nitrogens with one attached hydrogen (secondary N) is 3. The molecule has 0 saturated heterocycles. The van der Waals surface area contributed by atoms with Crippen LogP contribution in [0.1, 0.15) is 34.1 Å². The molecule has 5 N–H and O–H groups in total. The molecular formula is C11H25N5O. The molecule has 0 heterocycles. The maximum Gasteiger partial charge on any atom is 0.221 e. The predicted molar refractivity (Wildman–Crippen MR) is 70.4 cm³/mol. The number of rotatable bonds is 6. The van der Waals surface area contributed by atoms with Gasteiger partial charge in [0.05, 0.1) is 0 Å². The van der Waals surface area contributed by atoms with Gasteiger partial charge in [0.2, 0.25) is 11.9 Å². The van der Waals surface area contributed by atoms with Gasteiger partial charge in [0, 0.05) is 25.6 Å². The fourth-order valence-electron chi connectivity index (χ4n) is 1.12. The van der Waals surface area contributed by atoms with Crippen molar-refractivity contribution in [3.8, 4) is 0 Å². The third-order valence-corrected chi connectivity index (χ3v) is 1.85. The molecule has 0 radical (unpaired) electrons. The quantitative estimate of drug-likeness (QED) is 0.228. The van der Waals surface area contributed by atoms with Gasteiger partial charge in [-0.2, -0.15) is 0 Å². The van der Waals surface area contributed by atoms with Crippen LogP contribution in [0.4, 0.5) is 0 Å². The van der Waals surface area contributed by atoms with Crippen molar-refractivity contribution >= 4 is 11.9 Å². The highest BCUT2D eigenvalue weighted by molar-refractivity contribution is 5.80. The van der Waals surface area contributed by atoms with Gasteiger partial charge >= 0.3 is 0 Å². The van der Waals surface area contributed by atoms with Crippen molar-refractivity contribution in [2.45, 2.75) is 40.2 Å². The zero-order chi connectivity index (χ0) is 13.3. The second-order valence-electron chi connectivity index (χ2n) is 4.63. The Morgan fingerprint density at radius 3 is 2.41 bits per heavy atom. The van der Waals surface area contributed by atoms with E-state index in [1.165, 1.54) is 0 Å². The summed E-state index contributed by atoms with van der Waals surface area (Å²) >= 11 is 0. The summed E-state index contributed by atoms with van der Waals surface area (Å²) in [6.07, 6.45) is 0.403. The summed E-state index contributed by atoms with van der Waals surface area (Å²) in [5.41, 5.74) is 2.48. The fraction of sp³-hybridized carbons (Fsp3) is 0.818. The number of hydrazine groups is 1. The van der Waals surface area contributed by atoms with Crippen molar-refractivity contribution in [1.82, 2.24) is 16.1 Å². The molecule has 0 aliphatic carbocycles. The van der Waals surface area contributed by atoms with Crippen LogP contribution in [-0.4, -0.2) is 31.0 Å². The Bertz CT molecular complexity index is 250. The molecule has 0 aromatic rings. The second kappa shape index (κ2) is 8.81. The molecular weight excluding hydrogens is 218 g/mol. The summed E-state index contributed by atoms with van der Waals surface area (Å²) in [4.78, 5) is 15.6. The highest BCUT2D eigenvalue weighted by Gasteiger charge is 2.03. The molecule has 0 fully saturated rings. The van der Waals surface area contributed by atoms with Crippen molar-refractivity contribution in [2.24, 2.45) is 16.8 Å². The van der Waals surface area contributed by atoms with E-state index in [9.17, 15) is 4.79 Å². The van der Waals surface area contributed by atoms with E-state index in [1.54, 1.807) is 0 Å². The number of carbonyl (C=O) groups is 1. The fourth-order valence-corrected chi connectivity index (χ4v) is 1.12. The van der Waals surface area contributed by atoms with Crippen LogP contribution in [0.2, 0.25) is 0 Å². The first-order chi connectivity index (χ1) is 7.95. The van der Waals surface area contributed by atoms with Gasteiger partial charge in [-0.3, -0.25) is 15.2 Å². The molecule has 0 aliphatic heterocycles. The molecule has 17 heavy (non-hydrogen) atoms. The maximum absolute atomic E-state index is 11.3. The van der Waals surface area contributed by atoms with Gasteiger partial charge < -0.3 is 10.6 Å². The lowest BCUT2D eigenvalue weighted by atomic mass is 10.2. The Labute approximate surface area is 103 Å². The zero-order valence-corrected chi connectivity index (χ0v) is 11.2. The number of nitrogens with zero attached hydrogens (tertiary/aromatic N) is 1. The molecule has 1 amide bonds. The van der Waals surface area contributed by atoms with Crippen molar-refractivity contribution in [3.05, 3.63) is 0 Å². The van der Waals surface area contributed by atoms with E-state index in [0.717, 1.165) is 0 Å². The average molecular weight is 243 g/mol. The van der Waals surface area contributed by atoms with Crippen molar-refractivity contribution in [3.63, 3.8) is 0 Å². The number of hydrogen-bond acceptors (Lipinski definition) is 3. The number of guanidine groups is 1. The number of carbonyl (C=O) groups excluding carboxylic acids is 1. The van der Waals surface area contributed by atoms with E-state index in [2.05, 4.69) is 34.9 Å². The van der Waals surface area contributed by atoms with Crippen LogP contribution in [0.5, 0.6) is 0 Å². The zero-order valence-electron chi connectivity index (χ0n) is 11.2. The van der Waals surface area contributed by atoms with E-state index in [0.29, 0.717) is 31.4 Å². The molecule has 0 atom stereocenters. The Kier molecular flexibility index (Phi) is 8.13. The molecule has 100 valence electrons. The second-order valence-corrected chi connectivity index (χ2v) is 4.63. The van der Waals surface area contributed by atoms with Gasteiger partial charge in [-0.1, -0.05) is 13.8 Å². The molecule has 6 nitrogen and oxygen atoms in total. The summed E-state index contributed by atoms with van der Waals surface area (Å²) < 4.78 is 0. The van der Waals surface area contributed by atoms with E-state index in [-0.39, 0.29) is 11.9 Å². The van der Waals surface area contributed by atoms with Crippen LogP contribution in [-0.2, 0) is 4.79 Å². The monoisotopic (exact) mass is 243 g/mol. The van der Waals surface area contributed by atoms with Gasteiger partial charge in [0.25, 0.3) is 0 Å². The molecule has 0 saturated carbocycles. The highest BCUT2D eigenvalue weighted by atomic mass is 16.1. The third-order valence-electron chi connectivity index (χ3n) is 1.85. The first-order valence-electron chi connectivity index (χ1n) is 6.00. The van der Waals surface area contributed by atoms with Crippen molar-refractivity contribution < 1.29 is 4.79 Å². The van der Waals surface area contributed by atoms with Gasteiger partial charge in [-0.15, -0.1) is 0 Å². The van der Waals surface area contributed by atoms with E-state index < -0.39 is 0 Å². The predicted octanol–water partition coefficient (Wildman–Crippen LogP) is -0.0340. The third kappa shape index (κ3) is 9.62. The molecule has 6 heteroatoms. The lowest BCUT2D eigenvalue weighted by Crippen LogP contribution is -2.43. The molecule has 0 spiro atoms. The minimum absolute atomic E-state index is 0.0210. The minimum atomic E-state index is 0.0210. The summed E-state index contributed by atoms with van der Waals surface area (Å²) in [5, 5.41) is 5.80. The first kappa shape index (κ1) is 15.7. The maximum atomic E-state index is 11.3. The smallest absolute Gasteiger partial charge is 0.221 e. The summed E-state index contributed by atoms with van der Waals surface area (Å²) in [7, 11) is 0. The van der Waals surface area contributed by atoms with Crippen LogP contribution in [0, 0.1) is 5.92 Å². The Morgan fingerprint density at radius 2 is 1.94 bits per heavy atom. The van der Waals surface area contributed by atoms with Crippen molar-refractivity contribution in [2.75, 3.05) is 13.1 Å². The first-order valence-corrected chi connectivity index (χ1v) is 6.00. The normalized spacial score (nSPS) is 11.8. The number of amides is 1. The summed E-state index contributed by atoms with van der Waals surface area (Å²) in [6, 6.07) is 0.171. The van der Waals surface area contributed by atoms with Crippen LogP contribution < -0.4 is 21.9 Å². The largest absolute Gasteiger partial charge is 0.355 e. The molecule has 0 unspecified atom stereocenters. The standard InChI is InChI=1S/C11H25N5O/c1-8(2)7-14-11(16-12)13-6-5-10(17)15-9(3)4/h8-9H,5-7,12H2,1-4H3,(H,15,17)(H2,13,14,16). The number of aliphatic imine (C=N–C) groups is 1. The minimum Gasteiger partial charge on any atom is -0.355 e. The number of nitrogens with two attached hydrogens (primary N) is 1. The topological polar surface area (TPSA) is 91.5 Å². The van der Waals surface area contributed by atoms with Crippen LogP contribution in [0.3, 0.4) is 0 Å². The summed E-state index contributed by atoms with van der Waals surface area (Å²) in [6.45, 7) is 9.23. The van der Waals surface area contributed by atoms with Gasteiger partial charge in [-0.05, 0) is 19.8 Å². The Balaban J connectivity index is 3.84. The van der Waals surface area contributed by atoms with Gasteiger partial charge in [0.15, 0.2) is 0 Å². The molecule has 0 aliphatic rings. The van der Waals surface area contributed by atoms with Gasteiger partial charge in [-0.25, -0.2) is 5.84 Å². The Morgan fingerprint density at radius 1 is 1.29 bits per heavy atom. The molecule has 0 bridgehead atoms. The Hall–Kier alpha value is -1.30. The molecule has 0 aromatic carbocycles. The molecule has 0 rings (SSSR count). The lowest BCUT2D eigenvalue weighted by Gasteiger charge is -2.11.